The van der Waals surface area contributed by atoms with Crippen molar-refractivity contribution in [1.82, 2.24) is 4.98 Å². The van der Waals surface area contributed by atoms with E-state index in [2.05, 4.69) is 14.2 Å². The van der Waals surface area contributed by atoms with E-state index in [0.717, 1.165) is 5.30 Å². The Kier molecular flexibility index (Phi) is 4.55. The molecule has 1 unspecified atom stereocenters. The summed E-state index contributed by atoms with van der Waals surface area (Å²) in [5.41, 5.74) is 0.685. The van der Waals surface area contributed by atoms with Crippen molar-refractivity contribution in [3.63, 3.8) is 0 Å². The van der Waals surface area contributed by atoms with Crippen LogP contribution >= 0.6 is 20.8 Å². The maximum absolute atomic E-state index is 10.8. The highest BCUT2D eigenvalue weighted by molar-refractivity contribution is 7.27. The van der Waals surface area contributed by atoms with Gasteiger partial charge in [0.05, 0.1) is 12.2 Å². The van der Waals surface area contributed by atoms with Gasteiger partial charge in [-0.1, -0.05) is 17.7 Å². The lowest BCUT2D eigenvalue weighted by atomic mass is 10.2. The monoisotopic (exact) mass is 311 g/mol. The second-order valence-electron chi connectivity index (χ2n) is 3.94. The van der Waals surface area contributed by atoms with Gasteiger partial charge in [-0.3, -0.25) is 0 Å². The molecule has 7 heteroatoms. The first-order valence-electron chi connectivity index (χ1n) is 5.57. The molecule has 0 saturated carbocycles. The Labute approximate surface area is 122 Å². The van der Waals surface area contributed by atoms with Gasteiger partial charge in [-0.15, -0.1) is 9.24 Å². The van der Waals surface area contributed by atoms with E-state index in [1.165, 1.54) is 12.3 Å². The predicted octanol–water partition coefficient (Wildman–Crippen LogP) is 2.22. The Hall–Kier alpha value is -1.68. The average molecular weight is 312 g/mol. The SMILES string of the molecule is O=C(O)c1cnc(Oc2ccc(P)c(CO)c2)c(Cl)c1. The van der Waals surface area contributed by atoms with E-state index in [9.17, 15) is 9.90 Å². The van der Waals surface area contributed by atoms with Gasteiger partial charge in [0, 0.05) is 6.20 Å². The van der Waals surface area contributed by atoms with Crippen molar-refractivity contribution in [3.8, 4) is 11.6 Å². The highest BCUT2D eigenvalue weighted by atomic mass is 35.5. The van der Waals surface area contributed by atoms with E-state index in [1.54, 1.807) is 18.2 Å². The molecule has 5 nitrogen and oxygen atoms in total. The molecule has 2 rings (SSSR count). The first kappa shape index (κ1) is 14.7. The first-order chi connectivity index (χ1) is 9.51. The molecule has 0 aliphatic heterocycles. The van der Waals surface area contributed by atoms with Crippen molar-refractivity contribution in [3.05, 3.63) is 46.6 Å². The van der Waals surface area contributed by atoms with Crippen molar-refractivity contribution in [2.45, 2.75) is 6.61 Å². The molecule has 0 fully saturated rings. The van der Waals surface area contributed by atoms with Crippen LogP contribution in [0.3, 0.4) is 0 Å². The number of rotatable bonds is 4. The molecule has 0 bridgehead atoms. The number of benzene rings is 1. The Bertz CT molecular complexity index is 663. The van der Waals surface area contributed by atoms with Crippen LogP contribution in [0.2, 0.25) is 5.02 Å². The molecular weight excluding hydrogens is 301 g/mol. The molecule has 0 amide bonds. The van der Waals surface area contributed by atoms with Gasteiger partial charge < -0.3 is 14.9 Å². The number of carbonyl (C=O) groups is 1. The summed E-state index contributed by atoms with van der Waals surface area (Å²) < 4.78 is 5.49. The molecule has 1 atom stereocenters. The van der Waals surface area contributed by atoms with Gasteiger partial charge in [0.15, 0.2) is 0 Å². The fourth-order valence-corrected chi connectivity index (χ4v) is 1.99. The Morgan fingerprint density at radius 2 is 2.15 bits per heavy atom. The third-order valence-corrected chi connectivity index (χ3v) is 3.39. The van der Waals surface area contributed by atoms with Crippen molar-refractivity contribution in [1.29, 1.82) is 0 Å². The first-order valence-corrected chi connectivity index (χ1v) is 6.52. The highest BCUT2D eigenvalue weighted by Crippen LogP contribution is 2.28. The van der Waals surface area contributed by atoms with Gasteiger partial charge in [0.1, 0.15) is 10.8 Å². The van der Waals surface area contributed by atoms with Crippen LogP contribution in [-0.4, -0.2) is 21.2 Å². The number of carboxylic acids is 1. The molecule has 0 spiro atoms. The van der Waals surface area contributed by atoms with Crippen LogP contribution in [0.15, 0.2) is 30.5 Å². The van der Waals surface area contributed by atoms with Gasteiger partial charge in [0.2, 0.25) is 5.88 Å². The summed E-state index contributed by atoms with van der Waals surface area (Å²) in [4.78, 5) is 14.6. The fraction of sp³-hybridized carbons (Fsp3) is 0.0769. The number of hydrogen-bond acceptors (Lipinski definition) is 4. The van der Waals surface area contributed by atoms with Crippen LogP contribution in [0, 0.1) is 0 Å². The zero-order valence-electron chi connectivity index (χ0n) is 10.2. The van der Waals surface area contributed by atoms with Crippen molar-refractivity contribution < 1.29 is 19.7 Å². The number of carboxylic acid groups (broad SMARTS) is 1. The summed E-state index contributed by atoms with van der Waals surface area (Å²) in [6.07, 6.45) is 1.17. The standard InChI is InChI=1S/C13H11ClNO4P/c14-10-4-7(13(17)18)5-15-12(10)19-9-1-2-11(20)8(3-9)6-16/h1-5,16H,6,20H2,(H,17,18). The van der Waals surface area contributed by atoms with E-state index in [4.69, 9.17) is 21.4 Å². The summed E-state index contributed by atoms with van der Waals surface area (Å²) in [6.45, 7) is -0.116. The summed E-state index contributed by atoms with van der Waals surface area (Å²) in [5.74, 6) is -0.546. The van der Waals surface area contributed by atoms with Gasteiger partial charge in [-0.2, -0.15) is 0 Å². The Balaban J connectivity index is 2.28. The lowest BCUT2D eigenvalue weighted by molar-refractivity contribution is 0.0696. The molecule has 0 saturated heterocycles. The van der Waals surface area contributed by atoms with Gasteiger partial charge in [-0.05, 0) is 29.1 Å². The minimum atomic E-state index is -1.11. The average Bonchev–Trinajstić information content (AvgIpc) is 2.42. The summed E-state index contributed by atoms with van der Waals surface area (Å²) >= 11 is 5.92. The van der Waals surface area contributed by atoms with Crippen LogP contribution < -0.4 is 10.0 Å². The van der Waals surface area contributed by atoms with Gasteiger partial charge in [0.25, 0.3) is 0 Å². The number of hydrogen-bond donors (Lipinski definition) is 2. The van der Waals surface area contributed by atoms with Crippen LogP contribution in [-0.2, 0) is 6.61 Å². The largest absolute Gasteiger partial charge is 0.478 e. The smallest absolute Gasteiger partial charge is 0.337 e. The molecule has 104 valence electrons. The molecule has 2 aromatic rings. The second kappa shape index (κ2) is 6.18. The molecule has 2 N–H and O–H groups in total. The number of nitrogens with zero attached hydrogens (tertiary/aromatic N) is 1. The molecular formula is C13H11ClNO4P. The number of pyridine rings is 1. The van der Waals surface area contributed by atoms with Crippen LogP contribution in [0.5, 0.6) is 11.6 Å². The van der Waals surface area contributed by atoms with Gasteiger partial charge in [-0.25, -0.2) is 9.78 Å². The van der Waals surface area contributed by atoms with E-state index in [1.807, 2.05) is 0 Å². The van der Waals surface area contributed by atoms with Gasteiger partial charge >= 0.3 is 5.97 Å². The normalized spacial score (nSPS) is 10.3. The maximum atomic E-state index is 10.8. The van der Waals surface area contributed by atoms with Crippen molar-refractivity contribution in [2.75, 3.05) is 0 Å². The number of halogens is 1. The zero-order chi connectivity index (χ0) is 14.7. The number of aliphatic hydroxyl groups excluding tert-OH is 1. The highest BCUT2D eigenvalue weighted by Gasteiger charge is 2.11. The molecule has 20 heavy (non-hydrogen) atoms. The quantitative estimate of drug-likeness (QED) is 0.846. The number of aromatic carboxylic acids is 1. The second-order valence-corrected chi connectivity index (χ2v) is 4.97. The molecule has 1 heterocycles. The minimum absolute atomic E-state index is 0.0151. The summed E-state index contributed by atoms with van der Waals surface area (Å²) in [7, 11) is 2.51. The topological polar surface area (TPSA) is 79.7 Å². The zero-order valence-corrected chi connectivity index (χ0v) is 12.1. The third-order valence-electron chi connectivity index (χ3n) is 2.55. The fourth-order valence-electron chi connectivity index (χ4n) is 1.51. The molecule has 0 aliphatic carbocycles. The third kappa shape index (κ3) is 3.25. The Morgan fingerprint density at radius 1 is 1.40 bits per heavy atom. The number of ether oxygens (including phenoxy) is 1. The number of aromatic nitrogens is 1. The molecule has 1 aromatic heterocycles. The lowest BCUT2D eigenvalue weighted by Gasteiger charge is -2.09. The van der Waals surface area contributed by atoms with Crippen molar-refractivity contribution in [2.24, 2.45) is 0 Å². The van der Waals surface area contributed by atoms with Crippen LogP contribution in [0.1, 0.15) is 15.9 Å². The van der Waals surface area contributed by atoms with Crippen LogP contribution in [0.25, 0.3) is 0 Å². The summed E-state index contributed by atoms with van der Waals surface area (Å²) in [6, 6.07) is 6.39. The van der Waals surface area contributed by atoms with E-state index in [0.29, 0.717) is 11.3 Å². The number of aliphatic hydroxyl groups is 1. The van der Waals surface area contributed by atoms with E-state index >= 15 is 0 Å². The minimum Gasteiger partial charge on any atom is -0.478 e. The van der Waals surface area contributed by atoms with E-state index in [-0.39, 0.29) is 23.1 Å². The van der Waals surface area contributed by atoms with Crippen LogP contribution in [0.4, 0.5) is 0 Å². The van der Waals surface area contributed by atoms with E-state index < -0.39 is 5.97 Å². The molecule has 0 aliphatic rings. The summed E-state index contributed by atoms with van der Waals surface area (Å²) in [5, 5.41) is 19.0. The predicted molar refractivity (Wildman–Crippen MR) is 78.0 cm³/mol. The maximum Gasteiger partial charge on any atom is 0.337 e. The molecule has 0 radical (unpaired) electrons. The molecule has 1 aromatic carbocycles. The Morgan fingerprint density at radius 3 is 2.75 bits per heavy atom. The van der Waals surface area contributed by atoms with Crippen molar-refractivity contribution >= 4 is 32.1 Å². The lowest BCUT2D eigenvalue weighted by Crippen LogP contribution is -2.02.